The smallest absolute Gasteiger partial charge is 0.0812 e. The van der Waals surface area contributed by atoms with Gasteiger partial charge in [-0.25, -0.2) is 0 Å². The molecule has 1 heterocycles. The average molecular weight is 221 g/mol. The Morgan fingerprint density at radius 1 is 1.38 bits per heavy atom. The van der Waals surface area contributed by atoms with Crippen molar-refractivity contribution in [3.8, 4) is 0 Å². The first kappa shape index (κ1) is 11.7. The molecule has 1 aliphatic rings. The Labute approximate surface area is 98.3 Å². The maximum atomic E-state index is 10.2. The first-order valence-corrected chi connectivity index (χ1v) is 6.09. The Bertz CT molecular complexity index is 395. The summed E-state index contributed by atoms with van der Waals surface area (Å²) in [6, 6.07) is 2.08. The number of fused-ring (bicyclic) bond motifs is 1. The molecule has 90 valence electrons. The fourth-order valence-corrected chi connectivity index (χ4v) is 2.76. The van der Waals surface area contributed by atoms with Gasteiger partial charge in [0.1, 0.15) is 0 Å². The van der Waals surface area contributed by atoms with Gasteiger partial charge < -0.3 is 9.67 Å². The van der Waals surface area contributed by atoms with E-state index in [-0.39, 0.29) is 17.1 Å². The van der Waals surface area contributed by atoms with Gasteiger partial charge >= 0.3 is 0 Å². The normalized spacial score (nSPS) is 24.2. The van der Waals surface area contributed by atoms with Crippen molar-refractivity contribution in [3.63, 3.8) is 0 Å². The summed E-state index contributed by atoms with van der Waals surface area (Å²) in [5.41, 5.74) is 2.75. The van der Waals surface area contributed by atoms with Crippen LogP contribution in [0.4, 0.5) is 0 Å². The van der Waals surface area contributed by atoms with E-state index in [1.807, 2.05) is 0 Å². The maximum Gasteiger partial charge on any atom is 0.0812 e. The summed E-state index contributed by atoms with van der Waals surface area (Å²) in [7, 11) is 0. The predicted octanol–water partition coefficient (Wildman–Crippen LogP) is 3.25. The van der Waals surface area contributed by atoms with Crippen LogP contribution >= 0.6 is 0 Å². The van der Waals surface area contributed by atoms with Crippen LogP contribution in [0.15, 0.2) is 12.3 Å². The van der Waals surface area contributed by atoms with Crippen LogP contribution in [0, 0.1) is 5.41 Å². The maximum absolute atomic E-state index is 10.2. The average Bonchev–Trinajstić information content (AvgIpc) is 2.43. The van der Waals surface area contributed by atoms with E-state index in [2.05, 4.69) is 51.4 Å². The fraction of sp³-hybridized carbons (Fsp3) is 0.714. The Morgan fingerprint density at radius 2 is 2.00 bits per heavy atom. The summed E-state index contributed by atoms with van der Waals surface area (Å²) in [5.74, 6) is 0. The fourth-order valence-electron chi connectivity index (χ4n) is 2.76. The van der Waals surface area contributed by atoms with Gasteiger partial charge in [-0.1, -0.05) is 13.8 Å². The van der Waals surface area contributed by atoms with Crippen LogP contribution in [0.2, 0.25) is 0 Å². The van der Waals surface area contributed by atoms with Crippen molar-refractivity contribution in [2.45, 2.75) is 59.1 Å². The summed E-state index contributed by atoms with van der Waals surface area (Å²) in [6.45, 7) is 11.1. The lowest BCUT2D eigenvalue weighted by Crippen LogP contribution is -2.31. The SMILES string of the molecule is CC1(C)Cc2c(ccn2C(C)(C)C)C(O)C1. The van der Waals surface area contributed by atoms with Gasteiger partial charge in [0.2, 0.25) is 0 Å². The van der Waals surface area contributed by atoms with Crippen molar-refractivity contribution in [2.75, 3.05) is 0 Å². The Morgan fingerprint density at radius 3 is 2.56 bits per heavy atom. The Hall–Kier alpha value is -0.760. The Balaban J connectivity index is 2.49. The monoisotopic (exact) mass is 221 g/mol. The molecule has 0 aliphatic heterocycles. The molecule has 0 bridgehead atoms. The second-order valence-corrected chi connectivity index (χ2v) is 6.82. The highest BCUT2D eigenvalue weighted by molar-refractivity contribution is 5.30. The molecule has 0 fully saturated rings. The van der Waals surface area contributed by atoms with Gasteiger partial charge in [-0.3, -0.25) is 0 Å². The van der Waals surface area contributed by atoms with Gasteiger partial charge in [0.05, 0.1) is 6.10 Å². The highest BCUT2D eigenvalue weighted by Gasteiger charge is 2.34. The highest BCUT2D eigenvalue weighted by atomic mass is 16.3. The van der Waals surface area contributed by atoms with Crippen LogP contribution < -0.4 is 0 Å². The Kier molecular flexibility index (Phi) is 2.46. The standard InChI is InChI=1S/C14H23NO/c1-13(2,3)15-7-6-10-11(15)8-14(4,5)9-12(10)16/h6-7,12,16H,8-9H2,1-5H3. The molecular formula is C14H23NO. The van der Waals surface area contributed by atoms with Crippen LogP contribution in [0.25, 0.3) is 0 Å². The van der Waals surface area contributed by atoms with E-state index in [1.165, 1.54) is 5.69 Å². The van der Waals surface area contributed by atoms with Gasteiger partial charge in [-0.2, -0.15) is 0 Å². The zero-order chi connectivity index (χ0) is 12.1. The number of hydrogen-bond donors (Lipinski definition) is 1. The van der Waals surface area contributed by atoms with Crippen LogP contribution in [0.1, 0.15) is 58.4 Å². The van der Waals surface area contributed by atoms with E-state index in [4.69, 9.17) is 0 Å². The third-order valence-electron chi connectivity index (χ3n) is 3.50. The zero-order valence-corrected chi connectivity index (χ0v) is 11.0. The van der Waals surface area contributed by atoms with Gasteiger partial charge in [-0.05, 0) is 45.1 Å². The summed E-state index contributed by atoms with van der Waals surface area (Å²) < 4.78 is 2.31. The van der Waals surface area contributed by atoms with E-state index < -0.39 is 0 Å². The van der Waals surface area contributed by atoms with Gasteiger partial charge in [-0.15, -0.1) is 0 Å². The molecule has 0 saturated carbocycles. The lowest BCUT2D eigenvalue weighted by atomic mass is 9.75. The molecule has 0 aromatic carbocycles. The third-order valence-corrected chi connectivity index (χ3v) is 3.50. The second-order valence-electron chi connectivity index (χ2n) is 6.82. The molecule has 16 heavy (non-hydrogen) atoms. The molecule has 2 heteroatoms. The quantitative estimate of drug-likeness (QED) is 0.714. The summed E-state index contributed by atoms with van der Waals surface area (Å²) in [5, 5.41) is 10.2. The molecule has 0 saturated heterocycles. The van der Waals surface area contributed by atoms with Crippen LogP contribution in [-0.4, -0.2) is 9.67 Å². The van der Waals surface area contributed by atoms with Crippen molar-refractivity contribution in [1.82, 2.24) is 4.57 Å². The van der Waals surface area contributed by atoms with Crippen molar-refractivity contribution in [3.05, 3.63) is 23.5 Å². The van der Waals surface area contributed by atoms with Gasteiger partial charge in [0, 0.05) is 23.0 Å². The number of aliphatic hydroxyl groups excluding tert-OH is 1. The van der Waals surface area contributed by atoms with E-state index in [0.29, 0.717) is 0 Å². The zero-order valence-electron chi connectivity index (χ0n) is 11.0. The lowest BCUT2D eigenvalue weighted by Gasteiger charge is -2.36. The van der Waals surface area contributed by atoms with Crippen LogP contribution in [-0.2, 0) is 12.0 Å². The topological polar surface area (TPSA) is 25.2 Å². The minimum atomic E-state index is -0.289. The van der Waals surface area contributed by atoms with E-state index >= 15 is 0 Å². The minimum absolute atomic E-state index is 0.0979. The summed E-state index contributed by atoms with van der Waals surface area (Å²) in [4.78, 5) is 0. The molecule has 2 rings (SSSR count). The van der Waals surface area contributed by atoms with Crippen molar-refractivity contribution >= 4 is 0 Å². The van der Waals surface area contributed by atoms with E-state index in [1.54, 1.807) is 0 Å². The summed E-state index contributed by atoms with van der Waals surface area (Å²) >= 11 is 0. The second kappa shape index (κ2) is 3.36. The first-order chi connectivity index (χ1) is 7.21. The largest absolute Gasteiger partial charge is 0.388 e. The number of aliphatic hydroxyl groups is 1. The van der Waals surface area contributed by atoms with Crippen LogP contribution in [0.3, 0.4) is 0 Å². The lowest BCUT2D eigenvalue weighted by molar-refractivity contribution is 0.0966. The third kappa shape index (κ3) is 1.91. The molecule has 0 spiro atoms. The molecule has 1 aliphatic carbocycles. The van der Waals surface area contributed by atoms with E-state index in [0.717, 1.165) is 18.4 Å². The van der Waals surface area contributed by atoms with Gasteiger partial charge in [0.25, 0.3) is 0 Å². The van der Waals surface area contributed by atoms with Crippen molar-refractivity contribution in [2.24, 2.45) is 5.41 Å². The molecule has 0 amide bonds. The van der Waals surface area contributed by atoms with Gasteiger partial charge in [0.15, 0.2) is 0 Å². The molecule has 1 N–H and O–H groups in total. The van der Waals surface area contributed by atoms with Crippen LogP contribution in [0.5, 0.6) is 0 Å². The predicted molar refractivity (Wildman–Crippen MR) is 66.5 cm³/mol. The summed E-state index contributed by atoms with van der Waals surface area (Å²) in [6.07, 6.45) is 3.76. The van der Waals surface area contributed by atoms with Crippen molar-refractivity contribution in [1.29, 1.82) is 0 Å². The molecule has 1 aromatic rings. The number of rotatable bonds is 0. The van der Waals surface area contributed by atoms with Crippen molar-refractivity contribution < 1.29 is 5.11 Å². The highest BCUT2D eigenvalue weighted by Crippen LogP contribution is 2.42. The van der Waals surface area contributed by atoms with E-state index in [9.17, 15) is 5.11 Å². The molecule has 1 unspecified atom stereocenters. The molecular weight excluding hydrogens is 198 g/mol. The minimum Gasteiger partial charge on any atom is -0.388 e. The molecule has 0 radical (unpaired) electrons. The number of aromatic nitrogens is 1. The molecule has 1 aromatic heterocycles. The number of nitrogens with zero attached hydrogens (tertiary/aromatic N) is 1. The first-order valence-electron chi connectivity index (χ1n) is 6.09. The molecule has 1 atom stereocenters. The molecule has 2 nitrogen and oxygen atoms in total. The number of hydrogen-bond acceptors (Lipinski definition) is 1.